The molecule has 9 nitrogen and oxygen atoms in total. The Balaban J connectivity index is 1.81. The predicted molar refractivity (Wildman–Crippen MR) is 108 cm³/mol. The number of anilines is 2. The summed E-state index contributed by atoms with van der Waals surface area (Å²) in [5.74, 6) is 0.365. The molecule has 2 amide bonds. The molecule has 1 fully saturated rings. The number of likely N-dealkylation sites (N-methyl/N-ethyl adjacent to an activating group) is 1. The summed E-state index contributed by atoms with van der Waals surface area (Å²) in [5, 5.41) is 15.2. The molecular weight excluding hydrogens is 370 g/mol. The first kappa shape index (κ1) is 20.2. The fourth-order valence-corrected chi connectivity index (χ4v) is 2.76. The highest BCUT2D eigenvalue weighted by molar-refractivity contribution is 5.93. The van der Waals surface area contributed by atoms with E-state index in [4.69, 9.17) is 0 Å². The molecule has 2 aromatic rings. The van der Waals surface area contributed by atoms with Gasteiger partial charge in [-0.25, -0.2) is 9.97 Å². The highest BCUT2D eigenvalue weighted by atomic mass is 16.2. The molecule has 2 aromatic heterocycles. The Morgan fingerprint density at radius 1 is 1.24 bits per heavy atom. The summed E-state index contributed by atoms with van der Waals surface area (Å²) in [6, 6.07) is 3.29. The number of amides is 2. The third kappa shape index (κ3) is 4.85. The fraction of sp³-hybridized carbons (Fsp3) is 0.400. The van der Waals surface area contributed by atoms with Gasteiger partial charge in [0, 0.05) is 31.8 Å². The van der Waals surface area contributed by atoms with Crippen LogP contribution in [0.15, 0.2) is 24.7 Å². The zero-order valence-electron chi connectivity index (χ0n) is 16.6. The largest absolute Gasteiger partial charge is 0.371 e. The van der Waals surface area contributed by atoms with Crippen molar-refractivity contribution < 1.29 is 9.59 Å². The first-order valence-corrected chi connectivity index (χ1v) is 9.44. The number of rotatable bonds is 7. The van der Waals surface area contributed by atoms with Crippen LogP contribution in [0.4, 0.5) is 11.5 Å². The van der Waals surface area contributed by atoms with E-state index in [2.05, 4.69) is 25.6 Å². The quantitative estimate of drug-likeness (QED) is 0.737. The van der Waals surface area contributed by atoms with Crippen molar-refractivity contribution in [2.75, 3.05) is 24.7 Å². The lowest BCUT2D eigenvalue weighted by molar-refractivity contribution is -0.129. The van der Waals surface area contributed by atoms with Gasteiger partial charge < -0.3 is 15.5 Å². The van der Waals surface area contributed by atoms with Gasteiger partial charge in [-0.15, -0.1) is 0 Å². The molecule has 0 aliphatic heterocycles. The molecule has 2 heterocycles. The first-order valence-electron chi connectivity index (χ1n) is 9.44. The molecule has 1 aliphatic rings. The van der Waals surface area contributed by atoms with Gasteiger partial charge in [0.15, 0.2) is 11.5 Å². The lowest BCUT2D eigenvalue weighted by atomic mass is 10.1. The van der Waals surface area contributed by atoms with Gasteiger partial charge in [0.05, 0.1) is 23.8 Å². The van der Waals surface area contributed by atoms with Crippen LogP contribution < -0.4 is 10.6 Å². The van der Waals surface area contributed by atoms with Crippen LogP contribution in [0.25, 0.3) is 11.3 Å². The third-order valence-corrected chi connectivity index (χ3v) is 4.62. The molecule has 29 heavy (non-hydrogen) atoms. The maximum absolute atomic E-state index is 12.3. The van der Waals surface area contributed by atoms with Gasteiger partial charge in [-0.2, -0.15) is 5.26 Å². The molecule has 3 rings (SSSR count). The van der Waals surface area contributed by atoms with E-state index in [1.165, 1.54) is 23.5 Å². The predicted octanol–water partition coefficient (Wildman–Crippen LogP) is 2.04. The van der Waals surface area contributed by atoms with E-state index in [1.54, 1.807) is 20.2 Å². The molecule has 150 valence electrons. The Bertz CT molecular complexity index is 946. The van der Waals surface area contributed by atoms with Crippen molar-refractivity contribution >= 4 is 23.3 Å². The van der Waals surface area contributed by atoms with Gasteiger partial charge in [0.1, 0.15) is 12.1 Å². The summed E-state index contributed by atoms with van der Waals surface area (Å²) in [4.78, 5) is 38.4. The van der Waals surface area contributed by atoms with Crippen LogP contribution in [0.3, 0.4) is 0 Å². The minimum absolute atomic E-state index is 0.0326. The molecule has 0 bridgehead atoms. The van der Waals surface area contributed by atoms with E-state index in [9.17, 15) is 14.9 Å². The SMILES string of the molecule is CCC(Nc1cc(-c2cnc(NC(=O)C3CC3)cn2)cnc1C#N)C(=O)N(C)C. The van der Waals surface area contributed by atoms with Crippen molar-refractivity contribution in [3.8, 4) is 17.3 Å². The number of carbonyl (C=O) groups excluding carboxylic acids is 2. The number of hydrogen-bond donors (Lipinski definition) is 2. The number of nitrogens with zero attached hydrogens (tertiary/aromatic N) is 5. The van der Waals surface area contributed by atoms with Crippen molar-refractivity contribution in [1.29, 1.82) is 5.26 Å². The van der Waals surface area contributed by atoms with Gasteiger partial charge in [0.25, 0.3) is 0 Å². The van der Waals surface area contributed by atoms with Crippen LogP contribution in [-0.2, 0) is 9.59 Å². The molecule has 2 N–H and O–H groups in total. The second-order valence-corrected chi connectivity index (χ2v) is 7.12. The monoisotopic (exact) mass is 393 g/mol. The molecule has 0 radical (unpaired) electrons. The maximum Gasteiger partial charge on any atom is 0.244 e. The molecule has 1 unspecified atom stereocenters. The zero-order valence-corrected chi connectivity index (χ0v) is 16.6. The van der Waals surface area contributed by atoms with Crippen molar-refractivity contribution in [3.63, 3.8) is 0 Å². The van der Waals surface area contributed by atoms with E-state index in [0.717, 1.165) is 12.8 Å². The summed E-state index contributed by atoms with van der Waals surface area (Å²) in [6.07, 6.45) is 6.95. The average Bonchev–Trinajstić information content (AvgIpc) is 3.57. The van der Waals surface area contributed by atoms with Crippen molar-refractivity contribution in [2.24, 2.45) is 5.92 Å². The second kappa shape index (κ2) is 8.65. The average molecular weight is 393 g/mol. The second-order valence-electron chi connectivity index (χ2n) is 7.12. The van der Waals surface area contributed by atoms with E-state index in [-0.39, 0.29) is 23.4 Å². The summed E-state index contributed by atoms with van der Waals surface area (Å²) in [6.45, 7) is 1.89. The summed E-state index contributed by atoms with van der Waals surface area (Å²) in [5.41, 5.74) is 1.84. The number of hydrogen-bond acceptors (Lipinski definition) is 7. The van der Waals surface area contributed by atoms with Gasteiger partial charge in [-0.1, -0.05) is 6.92 Å². The van der Waals surface area contributed by atoms with Crippen LogP contribution >= 0.6 is 0 Å². The minimum atomic E-state index is -0.472. The van der Waals surface area contributed by atoms with Gasteiger partial charge in [-0.3, -0.25) is 14.6 Å². The van der Waals surface area contributed by atoms with Crippen LogP contribution in [0.5, 0.6) is 0 Å². The Hall–Kier alpha value is -3.54. The number of aromatic nitrogens is 3. The lowest BCUT2D eigenvalue weighted by Gasteiger charge is -2.22. The summed E-state index contributed by atoms with van der Waals surface area (Å²) < 4.78 is 0. The van der Waals surface area contributed by atoms with Gasteiger partial charge in [0.2, 0.25) is 11.8 Å². The topological polar surface area (TPSA) is 124 Å². The smallest absolute Gasteiger partial charge is 0.244 e. The van der Waals surface area contributed by atoms with Crippen LogP contribution in [-0.4, -0.2) is 51.8 Å². The Morgan fingerprint density at radius 2 is 2.00 bits per heavy atom. The number of nitrogens with one attached hydrogen (secondary N) is 2. The number of nitriles is 1. The van der Waals surface area contributed by atoms with E-state index in [0.29, 0.717) is 29.2 Å². The number of pyridine rings is 1. The molecule has 9 heteroatoms. The normalized spacial score (nSPS) is 13.9. The van der Waals surface area contributed by atoms with Crippen LogP contribution in [0.1, 0.15) is 31.9 Å². The minimum Gasteiger partial charge on any atom is -0.371 e. The third-order valence-electron chi connectivity index (χ3n) is 4.62. The fourth-order valence-electron chi connectivity index (χ4n) is 2.76. The van der Waals surface area contributed by atoms with Crippen molar-refractivity contribution in [2.45, 2.75) is 32.2 Å². The van der Waals surface area contributed by atoms with Crippen molar-refractivity contribution in [3.05, 3.63) is 30.4 Å². The molecule has 0 spiro atoms. The van der Waals surface area contributed by atoms with Crippen LogP contribution in [0, 0.1) is 17.2 Å². The van der Waals surface area contributed by atoms with Gasteiger partial charge in [-0.05, 0) is 25.3 Å². The molecule has 0 aromatic carbocycles. The Kier molecular flexibility index (Phi) is 6.02. The standard InChI is InChI=1S/C20H23N7O2/c1-4-14(20(29)27(2)3)25-15-7-13(9-22-16(15)8-21)17-10-24-18(11-23-17)26-19(28)12-5-6-12/h7,9-12,14,25H,4-6H2,1-3H3,(H,24,26,28). The highest BCUT2D eigenvalue weighted by Gasteiger charge is 2.29. The summed E-state index contributed by atoms with van der Waals surface area (Å²) in [7, 11) is 3.37. The zero-order chi connectivity index (χ0) is 21.0. The Labute approximate surface area is 169 Å². The number of carbonyl (C=O) groups is 2. The van der Waals surface area contributed by atoms with E-state index >= 15 is 0 Å². The highest BCUT2D eigenvalue weighted by Crippen LogP contribution is 2.30. The maximum atomic E-state index is 12.3. The van der Waals surface area contributed by atoms with Crippen molar-refractivity contribution in [1.82, 2.24) is 19.9 Å². The first-order chi connectivity index (χ1) is 13.9. The lowest BCUT2D eigenvalue weighted by Crippen LogP contribution is -2.38. The molecular formula is C20H23N7O2. The molecule has 1 atom stereocenters. The molecule has 0 saturated heterocycles. The molecule has 1 saturated carbocycles. The van der Waals surface area contributed by atoms with E-state index < -0.39 is 6.04 Å². The van der Waals surface area contributed by atoms with Gasteiger partial charge >= 0.3 is 0 Å². The Morgan fingerprint density at radius 3 is 2.55 bits per heavy atom. The van der Waals surface area contributed by atoms with E-state index in [1.807, 2.05) is 13.0 Å². The van der Waals surface area contributed by atoms with Crippen LogP contribution in [0.2, 0.25) is 0 Å². The summed E-state index contributed by atoms with van der Waals surface area (Å²) >= 11 is 0. The molecule has 1 aliphatic carbocycles.